The minimum Gasteiger partial charge on any atom is -0.478 e. The zero-order valence-electron chi connectivity index (χ0n) is 13.1. The Labute approximate surface area is 142 Å². The van der Waals surface area contributed by atoms with Crippen LogP contribution in [-0.4, -0.2) is 29.7 Å². The third-order valence-electron chi connectivity index (χ3n) is 3.60. The maximum absolute atomic E-state index is 12.0. The van der Waals surface area contributed by atoms with E-state index in [0.29, 0.717) is 12.8 Å². The lowest BCUT2D eigenvalue weighted by atomic mass is 10.0. The number of benzene rings is 2. The molecule has 0 aliphatic rings. The van der Waals surface area contributed by atoms with Gasteiger partial charge in [-0.1, -0.05) is 36.4 Å². The van der Waals surface area contributed by atoms with Crippen molar-refractivity contribution in [2.24, 2.45) is 0 Å². The molecule has 1 amide bonds. The molecule has 2 N–H and O–H groups in total. The van der Waals surface area contributed by atoms with Crippen LogP contribution in [0, 0.1) is 0 Å². The van der Waals surface area contributed by atoms with Crippen molar-refractivity contribution < 1.29 is 27.9 Å². The highest BCUT2D eigenvalue weighted by atomic mass is 19.4. The Kier molecular flexibility index (Phi) is 5.80. The molecule has 0 aliphatic heterocycles. The van der Waals surface area contributed by atoms with Crippen LogP contribution in [-0.2, 0) is 11.2 Å². The summed E-state index contributed by atoms with van der Waals surface area (Å²) < 4.78 is 36.1. The Bertz CT molecular complexity index is 738. The highest BCUT2D eigenvalue weighted by Gasteiger charge is 2.38. The van der Waals surface area contributed by atoms with E-state index in [0.717, 1.165) is 16.7 Å². The predicted molar refractivity (Wildman–Crippen MR) is 86.2 cm³/mol. The average Bonchev–Trinajstić information content (AvgIpc) is 2.58. The number of nitrogens with one attached hydrogen (secondary N) is 1. The van der Waals surface area contributed by atoms with Crippen LogP contribution in [0.25, 0.3) is 11.1 Å². The molecular formula is C18H16F3NO3. The molecule has 25 heavy (non-hydrogen) atoms. The Morgan fingerprint density at radius 1 is 0.920 bits per heavy atom. The van der Waals surface area contributed by atoms with Crippen LogP contribution >= 0.6 is 0 Å². The van der Waals surface area contributed by atoms with Gasteiger partial charge in [-0.05, 0) is 41.7 Å². The van der Waals surface area contributed by atoms with Gasteiger partial charge in [0.1, 0.15) is 0 Å². The van der Waals surface area contributed by atoms with Crippen LogP contribution in [0.4, 0.5) is 13.2 Å². The number of carboxylic acid groups (broad SMARTS) is 1. The van der Waals surface area contributed by atoms with Crippen molar-refractivity contribution in [3.05, 3.63) is 59.7 Å². The van der Waals surface area contributed by atoms with E-state index >= 15 is 0 Å². The third-order valence-corrected chi connectivity index (χ3v) is 3.60. The summed E-state index contributed by atoms with van der Waals surface area (Å²) in [7, 11) is 0. The standard InChI is InChI=1S/C18H16F3NO3/c19-18(20,21)17(25)22-11-1-2-12-3-5-13(6-4-12)14-7-9-15(10-8-14)16(23)24/h3-10H,1-2,11H2,(H,22,25)(H,23,24). The summed E-state index contributed by atoms with van der Waals surface area (Å²) in [5, 5.41) is 10.7. The number of amides is 1. The van der Waals surface area contributed by atoms with Gasteiger partial charge in [0.2, 0.25) is 0 Å². The average molecular weight is 351 g/mol. The van der Waals surface area contributed by atoms with E-state index in [1.165, 1.54) is 12.1 Å². The molecule has 0 spiro atoms. The van der Waals surface area contributed by atoms with Gasteiger partial charge in [-0.2, -0.15) is 13.2 Å². The number of aromatic carboxylic acids is 1. The number of rotatable bonds is 6. The number of carboxylic acids is 1. The Morgan fingerprint density at radius 3 is 1.92 bits per heavy atom. The smallest absolute Gasteiger partial charge is 0.471 e. The van der Waals surface area contributed by atoms with Gasteiger partial charge in [0.05, 0.1) is 5.56 Å². The number of carbonyl (C=O) groups is 2. The Hall–Kier alpha value is -2.83. The van der Waals surface area contributed by atoms with Crippen molar-refractivity contribution >= 4 is 11.9 Å². The number of hydrogen-bond donors (Lipinski definition) is 2. The van der Waals surface area contributed by atoms with Crippen LogP contribution < -0.4 is 5.32 Å². The Balaban J connectivity index is 1.87. The molecule has 0 heterocycles. The van der Waals surface area contributed by atoms with Crippen molar-refractivity contribution in [1.82, 2.24) is 5.32 Å². The lowest BCUT2D eigenvalue weighted by Gasteiger charge is -2.08. The maximum Gasteiger partial charge on any atom is 0.471 e. The summed E-state index contributed by atoms with van der Waals surface area (Å²) in [5.74, 6) is -2.91. The largest absolute Gasteiger partial charge is 0.478 e. The van der Waals surface area contributed by atoms with Gasteiger partial charge in [0, 0.05) is 6.54 Å². The summed E-state index contributed by atoms with van der Waals surface area (Å²) in [5.41, 5.74) is 2.92. The van der Waals surface area contributed by atoms with E-state index in [1.54, 1.807) is 12.1 Å². The zero-order chi connectivity index (χ0) is 18.4. The second-order valence-corrected chi connectivity index (χ2v) is 5.44. The molecule has 0 aliphatic carbocycles. The lowest BCUT2D eigenvalue weighted by molar-refractivity contribution is -0.173. The molecule has 4 nitrogen and oxygen atoms in total. The molecule has 7 heteroatoms. The summed E-state index contributed by atoms with van der Waals surface area (Å²) in [6, 6.07) is 13.9. The van der Waals surface area contributed by atoms with Crippen LogP contribution in [0.3, 0.4) is 0 Å². The third kappa shape index (κ3) is 5.34. The van der Waals surface area contributed by atoms with Crippen LogP contribution in [0.2, 0.25) is 0 Å². The van der Waals surface area contributed by atoms with Crippen molar-refractivity contribution in [2.75, 3.05) is 6.54 Å². The molecule has 0 radical (unpaired) electrons. The highest BCUT2D eigenvalue weighted by molar-refractivity contribution is 5.88. The molecule has 0 unspecified atom stereocenters. The molecule has 132 valence electrons. The van der Waals surface area contributed by atoms with Crippen molar-refractivity contribution in [3.63, 3.8) is 0 Å². The molecular weight excluding hydrogens is 335 g/mol. The number of alkyl halides is 3. The normalized spacial score (nSPS) is 11.2. The number of carbonyl (C=O) groups excluding carboxylic acids is 1. The zero-order valence-corrected chi connectivity index (χ0v) is 13.1. The monoisotopic (exact) mass is 351 g/mol. The molecule has 2 aromatic carbocycles. The number of aryl methyl sites for hydroxylation is 1. The van der Waals surface area contributed by atoms with E-state index in [4.69, 9.17) is 5.11 Å². The van der Waals surface area contributed by atoms with Gasteiger partial charge >= 0.3 is 18.1 Å². The van der Waals surface area contributed by atoms with E-state index in [-0.39, 0.29) is 12.1 Å². The first kappa shape index (κ1) is 18.5. The summed E-state index contributed by atoms with van der Waals surface area (Å²) >= 11 is 0. The quantitative estimate of drug-likeness (QED) is 0.781. The molecule has 0 saturated carbocycles. The minimum atomic E-state index is -4.85. The second kappa shape index (κ2) is 7.83. The summed E-state index contributed by atoms with van der Waals surface area (Å²) in [6.07, 6.45) is -3.91. The molecule has 0 fully saturated rings. The number of halogens is 3. The molecule has 2 rings (SSSR count). The van der Waals surface area contributed by atoms with E-state index < -0.39 is 18.1 Å². The van der Waals surface area contributed by atoms with Gasteiger partial charge < -0.3 is 10.4 Å². The fourth-order valence-electron chi connectivity index (χ4n) is 2.26. The van der Waals surface area contributed by atoms with E-state index in [9.17, 15) is 22.8 Å². The Morgan fingerprint density at radius 2 is 1.44 bits per heavy atom. The first-order valence-corrected chi connectivity index (χ1v) is 7.55. The predicted octanol–water partition coefficient (Wildman–Crippen LogP) is 3.66. The van der Waals surface area contributed by atoms with Gasteiger partial charge in [-0.25, -0.2) is 4.79 Å². The molecule has 2 aromatic rings. The van der Waals surface area contributed by atoms with Crippen molar-refractivity contribution in [2.45, 2.75) is 19.0 Å². The molecule has 0 bridgehead atoms. The molecule has 0 atom stereocenters. The van der Waals surface area contributed by atoms with Gasteiger partial charge in [0.25, 0.3) is 0 Å². The van der Waals surface area contributed by atoms with E-state index in [1.807, 2.05) is 29.6 Å². The second-order valence-electron chi connectivity index (χ2n) is 5.44. The first-order chi connectivity index (χ1) is 11.8. The highest BCUT2D eigenvalue weighted by Crippen LogP contribution is 2.21. The van der Waals surface area contributed by atoms with Crippen LogP contribution in [0.15, 0.2) is 48.5 Å². The SMILES string of the molecule is O=C(O)c1ccc(-c2ccc(CCCNC(=O)C(F)(F)F)cc2)cc1. The first-order valence-electron chi connectivity index (χ1n) is 7.55. The molecule has 0 saturated heterocycles. The topological polar surface area (TPSA) is 66.4 Å². The fourth-order valence-corrected chi connectivity index (χ4v) is 2.26. The van der Waals surface area contributed by atoms with Crippen molar-refractivity contribution in [3.8, 4) is 11.1 Å². The van der Waals surface area contributed by atoms with Crippen molar-refractivity contribution in [1.29, 1.82) is 0 Å². The lowest BCUT2D eigenvalue weighted by Crippen LogP contribution is -2.37. The summed E-state index contributed by atoms with van der Waals surface area (Å²) in [6.45, 7) is -0.0449. The number of hydrogen-bond acceptors (Lipinski definition) is 2. The molecule has 0 aromatic heterocycles. The summed E-state index contributed by atoms with van der Waals surface area (Å²) in [4.78, 5) is 21.5. The maximum atomic E-state index is 12.0. The minimum absolute atomic E-state index is 0.0449. The van der Waals surface area contributed by atoms with Gasteiger partial charge in [-0.15, -0.1) is 0 Å². The fraction of sp³-hybridized carbons (Fsp3) is 0.222. The van der Waals surface area contributed by atoms with Gasteiger partial charge in [0.15, 0.2) is 0 Å². The van der Waals surface area contributed by atoms with E-state index in [2.05, 4.69) is 0 Å². The van der Waals surface area contributed by atoms with Crippen LogP contribution in [0.1, 0.15) is 22.3 Å². The van der Waals surface area contributed by atoms with Crippen LogP contribution in [0.5, 0.6) is 0 Å². The van der Waals surface area contributed by atoms with Gasteiger partial charge in [-0.3, -0.25) is 4.79 Å².